The van der Waals surface area contributed by atoms with Gasteiger partial charge in [0, 0.05) is 32.6 Å². The molecule has 0 aromatic heterocycles. The molecule has 1 aliphatic carbocycles. The lowest BCUT2D eigenvalue weighted by Crippen LogP contribution is -2.52. The number of imide groups is 1. The van der Waals surface area contributed by atoms with Gasteiger partial charge in [-0.3, -0.25) is 9.69 Å². The highest BCUT2D eigenvalue weighted by Gasteiger charge is 2.53. The molecule has 1 spiro atoms. The molecule has 2 saturated heterocycles. The summed E-state index contributed by atoms with van der Waals surface area (Å²) >= 11 is 4.39. The zero-order valence-electron chi connectivity index (χ0n) is 11.0. The molecule has 1 saturated carbocycles. The summed E-state index contributed by atoms with van der Waals surface area (Å²) in [6.45, 7) is 1.60. The minimum Gasteiger partial charge on any atom is -0.381 e. The number of urea groups is 1. The highest BCUT2D eigenvalue weighted by atomic mass is 32.1. The van der Waals surface area contributed by atoms with Gasteiger partial charge in [0.25, 0.3) is 5.91 Å². The molecule has 0 atom stereocenters. The number of ether oxygens (including phenoxy) is 1. The third kappa shape index (κ3) is 2.05. The molecule has 3 amide bonds. The first-order valence-corrected chi connectivity index (χ1v) is 7.57. The Bertz CT molecular complexity index is 397. The van der Waals surface area contributed by atoms with Gasteiger partial charge in [0.2, 0.25) is 0 Å². The fourth-order valence-corrected chi connectivity index (χ4v) is 3.67. The molecule has 0 bridgehead atoms. The van der Waals surface area contributed by atoms with Crippen LogP contribution >= 0.6 is 12.6 Å². The van der Waals surface area contributed by atoms with Crippen molar-refractivity contribution in [3.05, 3.63) is 0 Å². The van der Waals surface area contributed by atoms with Gasteiger partial charge >= 0.3 is 6.03 Å². The Morgan fingerprint density at radius 3 is 2.42 bits per heavy atom. The number of hydrogen-bond donors (Lipinski definition) is 2. The quantitative estimate of drug-likeness (QED) is 0.604. The van der Waals surface area contributed by atoms with Crippen LogP contribution in [-0.2, 0) is 9.53 Å². The third-order valence-corrected chi connectivity index (χ3v) is 5.51. The third-order valence-electron chi connectivity index (χ3n) is 4.84. The molecular weight excluding hydrogens is 264 g/mol. The van der Waals surface area contributed by atoms with E-state index in [1.165, 1.54) is 11.3 Å². The summed E-state index contributed by atoms with van der Waals surface area (Å²) in [5.41, 5.74) is -0.649. The first kappa shape index (κ1) is 13.2. The van der Waals surface area contributed by atoms with E-state index >= 15 is 0 Å². The van der Waals surface area contributed by atoms with E-state index in [-0.39, 0.29) is 17.4 Å². The first-order valence-electron chi connectivity index (χ1n) is 6.94. The van der Waals surface area contributed by atoms with Crippen molar-refractivity contribution in [2.24, 2.45) is 5.41 Å². The molecule has 1 N–H and O–H groups in total. The summed E-state index contributed by atoms with van der Waals surface area (Å²) in [6, 6.07) is -0.236. The van der Waals surface area contributed by atoms with Crippen LogP contribution in [-0.4, -0.2) is 47.9 Å². The summed E-state index contributed by atoms with van der Waals surface area (Å²) in [5, 5.41) is 2.90. The van der Waals surface area contributed by atoms with Crippen molar-refractivity contribution < 1.29 is 14.3 Å². The van der Waals surface area contributed by atoms with E-state index in [2.05, 4.69) is 17.9 Å². The monoisotopic (exact) mass is 284 g/mol. The Labute approximate surface area is 118 Å². The van der Waals surface area contributed by atoms with Crippen molar-refractivity contribution in [1.29, 1.82) is 0 Å². The van der Waals surface area contributed by atoms with Gasteiger partial charge < -0.3 is 10.1 Å². The van der Waals surface area contributed by atoms with Crippen LogP contribution in [0.5, 0.6) is 0 Å². The van der Waals surface area contributed by atoms with Gasteiger partial charge in [0.1, 0.15) is 5.54 Å². The predicted molar refractivity (Wildman–Crippen MR) is 73.2 cm³/mol. The van der Waals surface area contributed by atoms with E-state index in [4.69, 9.17) is 4.74 Å². The number of nitrogens with zero attached hydrogens (tertiary/aromatic N) is 1. The van der Waals surface area contributed by atoms with Gasteiger partial charge in [-0.25, -0.2) is 4.79 Å². The van der Waals surface area contributed by atoms with Crippen molar-refractivity contribution >= 4 is 24.6 Å². The lowest BCUT2D eigenvalue weighted by molar-refractivity contribution is -0.136. The molecule has 0 unspecified atom stereocenters. The first-order chi connectivity index (χ1) is 9.11. The Morgan fingerprint density at radius 1 is 1.21 bits per heavy atom. The molecule has 2 aliphatic heterocycles. The zero-order valence-corrected chi connectivity index (χ0v) is 11.9. The molecule has 3 aliphatic rings. The summed E-state index contributed by atoms with van der Waals surface area (Å²) < 4.78 is 5.30. The van der Waals surface area contributed by atoms with Crippen LogP contribution in [0.4, 0.5) is 4.79 Å². The van der Waals surface area contributed by atoms with E-state index in [0.717, 1.165) is 18.6 Å². The Morgan fingerprint density at radius 2 is 1.89 bits per heavy atom. The molecule has 0 radical (unpaired) electrons. The fraction of sp³-hybridized carbons (Fsp3) is 0.846. The SMILES string of the molecule is O=C1NC2(CCOCC2)C(=O)N1CC1(CS)CCC1. The largest absolute Gasteiger partial charge is 0.381 e. The predicted octanol–water partition coefficient (Wildman–Crippen LogP) is 1.19. The Balaban J connectivity index is 1.75. The second kappa shape index (κ2) is 4.66. The normalized spacial score (nSPS) is 28.4. The lowest BCUT2D eigenvalue weighted by atomic mass is 9.70. The van der Waals surface area contributed by atoms with Crippen LogP contribution in [0.25, 0.3) is 0 Å². The zero-order chi connectivity index (χ0) is 13.5. The average Bonchev–Trinajstić information content (AvgIpc) is 2.58. The summed E-state index contributed by atoms with van der Waals surface area (Å²) in [6.07, 6.45) is 4.46. The summed E-state index contributed by atoms with van der Waals surface area (Å²) in [7, 11) is 0. The van der Waals surface area contributed by atoms with Gasteiger partial charge in [-0.15, -0.1) is 0 Å². The van der Waals surface area contributed by atoms with Gasteiger partial charge in [0.05, 0.1) is 0 Å². The van der Waals surface area contributed by atoms with Crippen LogP contribution in [0, 0.1) is 5.41 Å². The second-order valence-electron chi connectivity index (χ2n) is 6.03. The summed E-state index contributed by atoms with van der Waals surface area (Å²) in [4.78, 5) is 26.1. The molecule has 5 nitrogen and oxygen atoms in total. The van der Waals surface area contributed by atoms with Gasteiger partial charge in [-0.1, -0.05) is 6.42 Å². The van der Waals surface area contributed by atoms with Gasteiger partial charge in [-0.05, 0) is 24.0 Å². The number of thiol groups is 1. The van der Waals surface area contributed by atoms with E-state index < -0.39 is 5.54 Å². The van der Waals surface area contributed by atoms with Crippen molar-refractivity contribution in [1.82, 2.24) is 10.2 Å². The Hall–Kier alpha value is -0.750. The fourth-order valence-electron chi connectivity index (χ4n) is 3.26. The van der Waals surface area contributed by atoms with Crippen LogP contribution in [0.3, 0.4) is 0 Å². The number of hydrogen-bond acceptors (Lipinski definition) is 4. The van der Waals surface area contributed by atoms with Crippen LogP contribution in [0.1, 0.15) is 32.1 Å². The molecule has 6 heteroatoms. The van der Waals surface area contributed by atoms with Crippen molar-refractivity contribution in [3.63, 3.8) is 0 Å². The minimum absolute atomic E-state index is 0.0484. The molecular formula is C13H20N2O3S. The highest BCUT2D eigenvalue weighted by Crippen LogP contribution is 2.43. The topological polar surface area (TPSA) is 58.6 Å². The molecule has 3 fully saturated rings. The number of amides is 3. The number of nitrogens with one attached hydrogen (secondary N) is 1. The lowest BCUT2D eigenvalue weighted by Gasteiger charge is -2.42. The maximum atomic E-state index is 12.6. The highest BCUT2D eigenvalue weighted by molar-refractivity contribution is 7.80. The van der Waals surface area contributed by atoms with Crippen LogP contribution in [0.15, 0.2) is 0 Å². The smallest absolute Gasteiger partial charge is 0.325 e. The van der Waals surface area contributed by atoms with Crippen molar-refractivity contribution in [2.45, 2.75) is 37.6 Å². The minimum atomic E-state index is -0.698. The van der Waals surface area contributed by atoms with Gasteiger partial charge in [0.15, 0.2) is 0 Å². The van der Waals surface area contributed by atoms with E-state index in [9.17, 15) is 9.59 Å². The average molecular weight is 284 g/mol. The molecule has 0 aromatic carbocycles. The van der Waals surface area contributed by atoms with Crippen LogP contribution < -0.4 is 5.32 Å². The number of carbonyl (C=O) groups is 2. The standard InChI is InChI=1S/C13H20N2O3S/c16-10-13(4-6-18-7-5-13)14-11(17)15(10)8-12(9-19)2-1-3-12/h19H,1-9H2,(H,14,17). The van der Waals surface area contributed by atoms with Crippen LogP contribution in [0.2, 0.25) is 0 Å². The molecule has 19 heavy (non-hydrogen) atoms. The maximum Gasteiger partial charge on any atom is 0.325 e. The van der Waals surface area contributed by atoms with E-state index in [0.29, 0.717) is 32.6 Å². The molecule has 3 rings (SSSR count). The summed E-state index contributed by atoms with van der Waals surface area (Å²) in [5.74, 6) is 0.675. The van der Waals surface area contributed by atoms with Crippen molar-refractivity contribution in [3.8, 4) is 0 Å². The van der Waals surface area contributed by atoms with E-state index in [1.807, 2.05) is 0 Å². The Kier molecular flexibility index (Phi) is 3.25. The van der Waals surface area contributed by atoms with Crippen molar-refractivity contribution in [2.75, 3.05) is 25.5 Å². The second-order valence-corrected chi connectivity index (χ2v) is 6.34. The molecule has 106 valence electrons. The molecule has 2 heterocycles. The maximum absolute atomic E-state index is 12.6. The number of rotatable bonds is 3. The number of carbonyl (C=O) groups excluding carboxylic acids is 2. The molecule has 0 aromatic rings. The van der Waals surface area contributed by atoms with Gasteiger partial charge in [-0.2, -0.15) is 12.6 Å². The van der Waals surface area contributed by atoms with E-state index in [1.54, 1.807) is 0 Å².